The first kappa shape index (κ1) is 23.5. The summed E-state index contributed by atoms with van der Waals surface area (Å²) in [7, 11) is 0. The molecule has 0 unspecified atom stereocenters. The summed E-state index contributed by atoms with van der Waals surface area (Å²) in [5.74, 6) is 0.113. The Bertz CT molecular complexity index is 887. The molecule has 1 aliphatic heterocycles. The SMILES string of the molecule is CSc1nc(C)c(CCC(=O)N2CCN(Cc3ccc(C(F)(F)F)cc3)CC2)c(C)n1. The van der Waals surface area contributed by atoms with E-state index in [1.807, 2.05) is 25.0 Å². The first-order valence-electron chi connectivity index (χ1n) is 10.2. The van der Waals surface area contributed by atoms with E-state index in [1.54, 1.807) is 0 Å². The summed E-state index contributed by atoms with van der Waals surface area (Å²) < 4.78 is 38.1. The smallest absolute Gasteiger partial charge is 0.340 e. The number of nitrogens with zero attached hydrogens (tertiary/aromatic N) is 4. The molecule has 1 aromatic heterocycles. The van der Waals surface area contributed by atoms with E-state index in [1.165, 1.54) is 23.9 Å². The minimum Gasteiger partial charge on any atom is -0.340 e. The van der Waals surface area contributed by atoms with Gasteiger partial charge in [-0.2, -0.15) is 13.2 Å². The molecule has 0 atom stereocenters. The second-order valence-corrected chi connectivity index (χ2v) is 8.48. The van der Waals surface area contributed by atoms with Gasteiger partial charge in [0.1, 0.15) is 0 Å². The third-order valence-corrected chi connectivity index (χ3v) is 6.13. The lowest BCUT2D eigenvalue weighted by atomic mass is 10.1. The van der Waals surface area contributed by atoms with Crippen LogP contribution in [0, 0.1) is 13.8 Å². The van der Waals surface area contributed by atoms with Crippen LogP contribution in [0.5, 0.6) is 0 Å². The van der Waals surface area contributed by atoms with Crippen molar-refractivity contribution in [1.29, 1.82) is 0 Å². The standard InChI is InChI=1S/C22H27F3N4OS/c1-15-19(16(2)27-21(26-15)31-3)8-9-20(30)29-12-10-28(11-13-29)14-17-4-6-18(7-5-17)22(23,24)25/h4-7H,8-14H2,1-3H3. The van der Waals surface area contributed by atoms with E-state index >= 15 is 0 Å². The second kappa shape index (κ2) is 9.99. The maximum absolute atomic E-state index is 12.7. The molecule has 0 N–H and O–H groups in total. The van der Waals surface area contributed by atoms with Crippen LogP contribution >= 0.6 is 11.8 Å². The van der Waals surface area contributed by atoms with Crippen LogP contribution in [0.3, 0.4) is 0 Å². The van der Waals surface area contributed by atoms with Gasteiger partial charge >= 0.3 is 6.18 Å². The van der Waals surface area contributed by atoms with Gasteiger partial charge in [-0.1, -0.05) is 23.9 Å². The third kappa shape index (κ3) is 6.20. The van der Waals surface area contributed by atoms with Gasteiger partial charge < -0.3 is 4.90 Å². The predicted octanol–water partition coefficient (Wildman–Crippen LogP) is 4.11. The maximum atomic E-state index is 12.7. The molecule has 0 saturated carbocycles. The minimum atomic E-state index is -4.31. The third-order valence-electron chi connectivity index (χ3n) is 5.58. The molecule has 0 aliphatic carbocycles. The molecule has 1 aliphatic rings. The van der Waals surface area contributed by atoms with E-state index in [-0.39, 0.29) is 5.91 Å². The van der Waals surface area contributed by atoms with Crippen molar-refractivity contribution in [1.82, 2.24) is 19.8 Å². The number of amides is 1. The summed E-state index contributed by atoms with van der Waals surface area (Å²) in [4.78, 5) is 25.6. The largest absolute Gasteiger partial charge is 0.416 e. The van der Waals surface area contributed by atoms with Gasteiger partial charge in [0, 0.05) is 50.5 Å². The average molecular weight is 453 g/mol. The van der Waals surface area contributed by atoms with Crippen LogP contribution in [0.15, 0.2) is 29.4 Å². The molecule has 1 fully saturated rings. The summed E-state index contributed by atoms with van der Waals surface area (Å²) in [5, 5.41) is 0.745. The number of benzene rings is 1. The lowest BCUT2D eigenvalue weighted by molar-refractivity contribution is -0.137. The van der Waals surface area contributed by atoms with Gasteiger partial charge in [-0.15, -0.1) is 0 Å². The summed E-state index contributed by atoms with van der Waals surface area (Å²) in [6.07, 6.45) is -1.33. The number of rotatable bonds is 6. The fourth-order valence-electron chi connectivity index (χ4n) is 3.76. The summed E-state index contributed by atoms with van der Waals surface area (Å²) in [5.41, 5.74) is 3.09. The van der Waals surface area contributed by atoms with Crippen molar-refractivity contribution in [2.45, 2.75) is 44.6 Å². The molecule has 3 rings (SSSR count). The molecule has 0 radical (unpaired) electrons. The van der Waals surface area contributed by atoms with Crippen molar-refractivity contribution in [2.24, 2.45) is 0 Å². The topological polar surface area (TPSA) is 49.3 Å². The Hall–Kier alpha value is -2.13. The number of thioether (sulfide) groups is 1. The lowest BCUT2D eigenvalue weighted by Crippen LogP contribution is -2.48. The van der Waals surface area contributed by atoms with Gasteiger partial charge in [0.2, 0.25) is 5.91 Å². The van der Waals surface area contributed by atoms with E-state index < -0.39 is 11.7 Å². The zero-order valence-corrected chi connectivity index (χ0v) is 18.8. The van der Waals surface area contributed by atoms with E-state index in [4.69, 9.17) is 0 Å². The van der Waals surface area contributed by atoms with Crippen LogP contribution in [-0.4, -0.2) is 58.1 Å². The van der Waals surface area contributed by atoms with Gasteiger partial charge in [-0.25, -0.2) is 9.97 Å². The van der Waals surface area contributed by atoms with E-state index in [9.17, 15) is 18.0 Å². The quantitative estimate of drug-likeness (QED) is 0.488. The van der Waals surface area contributed by atoms with Crippen molar-refractivity contribution in [3.63, 3.8) is 0 Å². The molecule has 0 bridgehead atoms. The second-order valence-electron chi connectivity index (χ2n) is 7.71. The van der Waals surface area contributed by atoms with Crippen molar-refractivity contribution in [3.8, 4) is 0 Å². The highest BCUT2D eigenvalue weighted by atomic mass is 32.2. The molecule has 5 nitrogen and oxygen atoms in total. The first-order chi connectivity index (χ1) is 14.7. The minimum absolute atomic E-state index is 0.113. The molecule has 0 spiro atoms. The molecule has 2 aromatic rings. The average Bonchev–Trinajstić information content (AvgIpc) is 2.73. The number of piperazine rings is 1. The number of alkyl halides is 3. The Balaban J connectivity index is 1.48. The molecule has 1 amide bonds. The Labute approximate surface area is 185 Å². The van der Waals surface area contributed by atoms with Crippen molar-refractivity contribution in [3.05, 3.63) is 52.3 Å². The normalized spacial score (nSPS) is 15.4. The van der Waals surface area contributed by atoms with Crippen molar-refractivity contribution in [2.75, 3.05) is 32.4 Å². The zero-order chi connectivity index (χ0) is 22.6. The Kier molecular flexibility index (Phi) is 7.59. The Morgan fingerprint density at radius 1 is 1.03 bits per heavy atom. The van der Waals surface area contributed by atoms with Gasteiger partial charge in [0.15, 0.2) is 5.16 Å². The predicted molar refractivity (Wildman–Crippen MR) is 115 cm³/mol. The molecular weight excluding hydrogens is 425 g/mol. The van der Waals surface area contributed by atoms with Gasteiger partial charge in [0.05, 0.1) is 5.56 Å². The van der Waals surface area contributed by atoms with Crippen molar-refractivity contribution < 1.29 is 18.0 Å². The highest BCUT2D eigenvalue weighted by Crippen LogP contribution is 2.29. The molecule has 31 heavy (non-hydrogen) atoms. The number of aromatic nitrogens is 2. The molecular formula is C22H27F3N4OS. The molecule has 9 heteroatoms. The van der Waals surface area contributed by atoms with Crippen LogP contribution in [0.2, 0.25) is 0 Å². The van der Waals surface area contributed by atoms with Crippen LogP contribution in [0.4, 0.5) is 13.2 Å². The maximum Gasteiger partial charge on any atom is 0.416 e. The van der Waals surface area contributed by atoms with Gasteiger partial charge in [-0.05, 0) is 49.8 Å². The van der Waals surface area contributed by atoms with E-state index in [0.29, 0.717) is 45.6 Å². The number of aryl methyl sites for hydroxylation is 2. The molecule has 1 saturated heterocycles. The van der Waals surface area contributed by atoms with Crippen LogP contribution in [0.25, 0.3) is 0 Å². The molecule has 2 heterocycles. The highest BCUT2D eigenvalue weighted by Gasteiger charge is 2.30. The van der Waals surface area contributed by atoms with E-state index in [0.717, 1.165) is 39.8 Å². The van der Waals surface area contributed by atoms with Crippen molar-refractivity contribution >= 4 is 17.7 Å². The molecule has 1 aromatic carbocycles. The Morgan fingerprint density at radius 2 is 1.61 bits per heavy atom. The summed E-state index contributed by atoms with van der Waals surface area (Å²) in [6, 6.07) is 5.29. The number of hydrogen-bond donors (Lipinski definition) is 0. The number of halogens is 3. The van der Waals surface area contributed by atoms with Gasteiger partial charge in [0.25, 0.3) is 0 Å². The summed E-state index contributed by atoms with van der Waals surface area (Å²) >= 11 is 1.50. The Morgan fingerprint density at radius 3 is 2.13 bits per heavy atom. The van der Waals surface area contributed by atoms with Crippen LogP contribution in [-0.2, 0) is 23.9 Å². The van der Waals surface area contributed by atoms with Gasteiger partial charge in [-0.3, -0.25) is 9.69 Å². The first-order valence-corrected chi connectivity index (χ1v) is 11.4. The number of carbonyl (C=O) groups is 1. The number of hydrogen-bond acceptors (Lipinski definition) is 5. The van der Waals surface area contributed by atoms with Crippen LogP contribution in [0.1, 0.15) is 34.5 Å². The fraction of sp³-hybridized carbons (Fsp3) is 0.500. The molecule has 168 valence electrons. The monoisotopic (exact) mass is 452 g/mol. The highest BCUT2D eigenvalue weighted by molar-refractivity contribution is 7.98. The van der Waals surface area contributed by atoms with E-state index in [2.05, 4.69) is 14.9 Å². The van der Waals surface area contributed by atoms with Crippen LogP contribution < -0.4 is 0 Å². The number of carbonyl (C=O) groups excluding carboxylic acids is 1. The lowest BCUT2D eigenvalue weighted by Gasteiger charge is -2.35. The fourth-order valence-corrected chi connectivity index (χ4v) is 4.22. The summed E-state index contributed by atoms with van der Waals surface area (Å²) in [6.45, 7) is 7.14. The zero-order valence-electron chi connectivity index (χ0n) is 18.0.